The van der Waals surface area contributed by atoms with Gasteiger partial charge in [-0.15, -0.1) is 0 Å². The number of carbonyl (C=O) groups excluding carboxylic acids is 1. The van der Waals surface area contributed by atoms with Gasteiger partial charge in [0.05, 0.1) is 6.54 Å². The predicted octanol–water partition coefficient (Wildman–Crippen LogP) is 3.38. The highest BCUT2D eigenvalue weighted by Crippen LogP contribution is 2.18. The molecule has 0 spiro atoms. The third-order valence-corrected chi connectivity index (χ3v) is 2.53. The van der Waals surface area contributed by atoms with Gasteiger partial charge in [-0.3, -0.25) is 0 Å². The normalized spacial score (nSPS) is 11.1. The molecule has 1 amide bonds. The molecule has 0 aliphatic heterocycles. The van der Waals surface area contributed by atoms with E-state index in [0.29, 0.717) is 18.9 Å². The van der Waals surface area contributed by atoms with Crippen LogP contribution in [0.1, 0.15) is 26.3 Å². The van der Waals surface area contributed by atoms with Crippen LogP contribution in [-0.2, 0) is 4.74 Å². The van der Waals surface area contributed by atoms with E-state index in [1.807, 2.05) is 20.8 Å². The lowest BCUT2D eigenvalue weighted by Gasteiger charge is -2.24. The van der Waals surface area contributed by atoms with Crippen molar-refractivity contribution in [3.8, 4) is 5.75 Å². The molecular formula is C15H22FNO3. The monoisotopic (exact) mass is 283 g/mol. The molecule has 0 N–H and O–H groups in total. The van der Waals surface area contributed by atoms with Gasteiger partial charge in [-0.1, -0.05) is 0 Å². The first-order valence-electron chi connectivity index (χ1n) is 6.52. The molecule has 5 heteroatoms. The number of hydrogen-bond acceptors (Lipinski definition) is 3. The van der Waals surface area contributed by atoms with E-state index in [1.165, 1.54) is 17.0 Å². The molecule has 0 saturated carbocycles. The maximum atomic E-state index is 12.9. The molecule has 0 aromatic heterocycles. The smallest absolute Gasteiger partial charge is 0.410 e. The lowest BCUT2D eigenvalue weighted by atomic mass is 10.2. The second kappa shape index (κ2) is 6.59. The Kier molecular flexibility index (Phi) is 5.36. The van der Waals surface area contributed by atoms with Gasteiger partial charge in [-0.05, 0) is 51.5 Å². The Morgan fingerprint density at radius 3 is 2.55 bits per heavy atom. The quantitative estimate of drug-likeness (QED) is 0.850. The Balaban J connectivity index is 2.42. The van der Waals surface area contributed by atoms with E-state index < -0.39 is 11.7 Å². The highest BCUT2D eigenvalue weighted by molar-refractivity contribution is 5.67. The van der Waals surface area contributed by atoms with Gasteiger partial charge in [0.1, 0.15) is 23.8 Å². The first kappa shape index (κ1) is 16.3. The standard InChI is InChI=1S/C15H22FNO3/c1-11-10-12(16)6-7-13(11)19-9-8-17(5)14(18)20-15(2,3)4/h6-7,10H,8-9H2,1-5H3. The van der Waals surface area contributed by atoms with E-state index in [-0.39, 0.29) is 5.82 Å². The zero-order valence-electron chi connectivity index (χ0n) is 12.7. The van der Waals surface area contributed by atoms with Gasteiger partial charge in [-0.2, -0.15) is 0 Å². The van der Waals surface area contributed by atoms with Gasteiger partial charge in [0.25, 0.3) is 0 Å². The number of halogens is 1. The molecule has 0 radical (unpaired) electrons. The van der Waals surface area contributed by atoms with E-state index in [4.69, 9.17) is 9.47 Å². The Morgan fingerprint density at radius 1 is 1.35 bits per heavy atom. The molecule has 4 nitrogen and oxygen atoms in total. The fraction of sp³-hybridized carbons (Fsp3) is 0.533. The Morgan fingerprint density at radius 2 is 2.00 bits per heavy atom. The number of hydrogen-bond donors (Lipinski definition) is 0. The number of nitrogens with zero attached hydrogens (tertiary/aromatic N) is 1. The van der Waals surface area contributed by atoms with Crippen LogP contribution >= 0.6 is 0 Å². The van der Waals surface area contributed by atoms with Crippen LogP contribution in [0.15, 0.2) is 18.2 Å². The van der Waals surface area contributed by atoms with Crippen LogP contribution in [-0.4, -0.2) is 36.8 Å². The first-order chi connectivity index (χ1) is 9.19. The maximum Gasteiger partial charge on any atom is 0.410 e. The average molecular weight is 283 g/mol. The number of likely N-dealkylation sites (N-methyl/N-ethyl adjacent to an activating group) is 1. The minimum Gasteiger partial charge on any atom is -0.491 e. The van der Waals surface area contributed by atoms with Gasteiger partial charge in [0.2, 0.25) is 0 Å². The molecule has 0 atom stereocenters. The van der Waals surface area contributed by atoms with E-state index in [0.717, 1.165) is 5.56 Å². The second-order valence-corrected chi connectivity index (χ2v) is 5.66. The zero-order chi connectivity index (χ0) is 15.3. The van der Waals surface area contributed by atoms with Crippen molar-refractivity contribution in [2.75, 3.05) is 20.2 Å². The van der Waals surface area contributed by atoms with Crippen LogP contribution < -0.4 is 4.74 Å². The summed E-state index contributed by atoms with van der Waals surface area (Å²) in [7, 11) is 1.65. The third-order valence-electron chi connectivity index (χ3n) is 2.53. The topological polar surface area (TPSA) is 38.8 Å². The number of ether oxygens (including phenoxy) is 2. The largest absolute Gasteiger partial charge is 0.491 e. The van der Waals surface area contributed by atoms with Crippen LogP contribution in [0.4, 0.5) is 9.18 Å². The minimum atomic E-state index is -0.514. The summed E-state index contributed by atoms with van der Waals surface area (Å²) in [5.74, 6) is 0.324. The average Bonchev–Trinajstić information content (AvgIpc) is 2.29. The number of aryl methyl sites for hydroxylation is 1. The molecule has 1 aromatic carbocycles. The molecule has 0 saturated heterocycles. The molecule has 0 fully saturated rings. The zero-order valence-corrected chi connectivity index (χ0v) is 12.7. The Bertz CT molecular complexity index is 469. The second-order valence-electron chi connectivity index (χ2n) is 5.66. The van der Waals surface area contributed by atoms with E-state index >= 15 is 0 Å². The van der Waals surface area contributed by atoms with Crippen molar-refractivity contribution in [1.82, 2.24) is 4.90 Å². The molecule has 0 unspecified atom stereocenters. The van der Waals surface area contributed by atoms with E-state index in [1.54, 1.807) is 20.0 Å². The molecule has 1 aromatic rings. The summed E-state index contributed by atoms with van der Waals surface area (Å²) in [5.41, 5.74) is 0.213. The molecule has 0 bridgehead atoms. The van der Waals surface area contributed by atoms with Crippen molar-refractivity contribution in [3.05, 3.63) is 29.6 Å². The molecule has 0 aliphatic rings. The SMILES string of the molecule is Cc1cc(F)ccc1OCCN(C)C(=O)OC(C)(C)C. The number of rotatable bonds is 4. The number of benzene rings is 1. The Hall–Kier alpha value is -1.78. The van der Waals surface area contributed by atoms with Gasteiger partial charge in [-0.25, -0.2) is 9.18 Å². The summed E-state index contributed by atoms with van der Waals surface area (Å²) in [5, 5.41) is 0. The fourth-order valence-electron chi connectivity index (χ4n) is 1.50. The highest BCUT2D eigenvalue weighted by Gasteiger charge is 2.19. The molecule has 20 heavy (non-hydrogen) atoms. The van der Waals surface area contributed by atoms with E-state index in [2.05, 4.69) is 0 Å². The number of carbonyl (C=O) groups is 1. The summed E-state index contributed by atoms with van der Waals surface area (Å²) < 4.78 is 23.7. The maximum absolute atomic E-state index is 12.9. The van der Waals surface area contributed by atoms with Crippen molar-refractivity contribution < 1.29 is 18.7 Å². The van der Waals surface area contributed by atoms with Crippen LogP contribution in [0, 0.1) is 12.7 Å². The van der Waals surface area contributed by atoms with Gasteiger partial charge >= 0.3 is 6.09 Å². The number of amides is 1. The van der Waals surface area contributed by atoms with Crippen molar-refractivity contribution in [1.29, 1.82) is 0 Å². The fourth-order valence-corrected chi connectivity index (χ4v) is 1.50. The van der Waals surface area contributed by atoms with Crippen LogP contribution in [0.3, 0.4) is 0 Å². The van der Waals surface area contributed by atoms with Crippen molar-refractivity contribution in [2.45, 2.75) is 33.3 Å². The molecule has 0 heterocycles. The van der Waals surface area contributed by atoms with Crippen molar-refractivity contribution >= 4 is 6.09 Å². The summed E-state index contributed by atoms with van der Waals surface area (Å²) in [6.07, 6.45) is -0.392. The summed E-state index contributed by atoms with van der Waals surface area (Å²) >= 11 is 0. The van der Waals surface area contributed by atoms with Crippen molar-refractivity contribution in [3.63, 3.8) is 0 Å². The lowest BCUT2D eigenvalue weighted by Crippen LogP contribution is -2.36. The highest BCUT2D eigenvalue weighted by atomic mass is 19.1. The van der Waals surface area contributed by atoms with Gasteiger partial charge in [0.15, 0.2) is 0 Å². The van der Waals surface area contributed by atoms with Crippen LogP contribution in [0.5, 0.6) is 5.75 Å². The lowest BCUT2D eigenvalue weighted by molar-refractivity contribution is 0.0278. The first-order valence-corrected chi connectivity index (χ1v) is 6.52. The van der Waals surface area contributed by atoms with Crippen molar-refractivity contribution in [2.24, 2.45) is 0 Å². The van der Waals surface area contributed by atoms with Crippen LogP contribution in [0.25, 0.3) is 0 Å². The Labute approximate surface area is 119 Å². The summed E-state index contributed by atoms with van der Waals surface area (Å²) in [6.45, 7) is 7.94. The molecular weight excluding hydrogens is 261 g/mol. The summed E-state index contributed by atoms with van der Waals surface area (Å²) in [6, 6.07) is 4.34. The minimum absolute atomic E-state index is 0.291. The molecule has 0 aliphatic carbocycles. The molecule has 1 rings (SSSR count). The van der Waals surface area contributed by atoms with Gasteiger partial charge < -0.3 is 14.4 Å². The van der Waals surface area contributed by atoms with Crippen LogP contribution in [0.2, 0.25) is 0 Å². The predicted molar refractivity (Wildman–Crippen MR) is 75.5 cm³/mol. The summed E-state index contributed by atoms with van der Waals surface area (Å²) in [4.78, 5) is 13.2. The van der Waals surface area contributed by atoms with E-state index in [9.17, 15) is 9.18 Å². The van der Waals surface area contributed by atoms with Gasteiger partial charge in [0, 0.05) is 7.05 Å². The molecule has 112 valence electrons. The third kappa shape index (κ3) is 5.47.